The minimum absolute atomic E-state index is 0.329. The average molecular weight is 388 g/mol. The zero-order chi connectivity index (χ0) is 18.9. The summed E-state index contributed by atoms with van der Waals surface area (Å²) in [5, 5.41) is 0. The summed E-state index contributed by atoms with van der Waals surface area (Å²) < 4.78 is 32.7. The van der Waals surface area contributed by atoms with Crippen molar-refractivity contribution in [3.05, 3.63) is 47.9 Å². The van der Waals surface area contributed by atoms with Crippen molar-refractivity contribution in [2.24, 2.45) is 0 Å². The van der Waals surface area contributed by atoms with Crippen molar-refractivity contribution in [1.29, 1.82) is 0 Å². The van der Waals surface area contributed by atoms with E-state index in [1.165, 1.54) is 0 Å². The second-order valence-corrected chi connectivity index (χ2v) is 9.00. The summed E-state index contributed by atoms with van der Waals surface area (Å²) in [4.78, 5) is 11.3. The second-order valence-electron chi connectivity index (χ2n) is 7.07. The largest absolute Gasteiger partial charge is 0.381 e. The van der Waals surface area contributed by atoms with Crippen molar-refractivity contribution >= 4 is 15.8 Å². The van der Waals surface area contributed by atoms with Crippen LogP contribution in [-0.2, 0) is 14.8 Å². The fourth-order valence-corrected chi connectivity index (χ4v) is 4.96. The Bertz CT molecular complexity index is 887. The van der Waals surface area contributed by atoms with Gasteiger partial charge in [-0.3, -0.25) is 0 Å². The average Bonchev–Trinajstić information content (AvgIpc) is 3.23. The van der Waals surface area contributed by atoms with Gasteiger partial charge in [-0.05, 0) is 25.5 Å². The fraction of sp³-hybridized carbons (Fsp3) is 0.474. The molecule has 3 heterocycles. The van der Waals surface area contributed by atoms with E-state index < -0.39 is 10.0 Å². The van der Waals surface area contributed by atoms with Crippen LogP contribution in [0.1, 0.15) is 23.6 Å². The zero-order valence-corrected chi connectivity index (χ0v) is 16.2. The molecule has 0 amide bonds. The molecule has 7 nitrogen and oxygen atoms in total. The van der Waals surface area contributed by atoms with E-state index in [0.717, 1.165) is 30.1 Å². The van der Waals surface area contributed by atoms with Gasteiger partial charge >= 0.3 is 0 Å². The maximum absolute atomic E-state index is 12.8. The Hall–Kier alpha value is -2.03. The molecule has 0 saturated carbocycles. The third kappa shape index (κ3) is 3.83. The van der Waals surface area contributed by atoms with Crippen molar-refractivity contribution in [2.75, 3.05) is 44.3 Å². The van der Waals surface area contributed by atoms with Gasteiger partial charge in [-0.2, -0.15) is 4.31 Å². The van der Waals surface area contributed by atoms with Crippen LogP contribution in [0.25, 0.3) is 0 Å². The molecular weight excluding hydrogens is 364 g/mol. The molecule has 1 atom stereocenters. The first kappa shape index (κ1) is 18.3. The maximum Gasteiger partial charge on any atom is 0.243 e. The molecule has 1 aromatic carbocycles. The Balaban J connectivity index is 1.44. The van der Waals surface area contributed by atoms with Crippen molar-refractivity contribution in [3.63, 3.8) is 0 Å². The number of aromatic nitrogens is 2. The van der Waals surface area contributed by atoms with Crippen molar-refractivity contribution in [2.45, 2.75) is 24.2 Å². The Morgan fingerprint density at radius 1 is 1.07 bits per heavy atom. The number of hydrogen-bond acceptors (Lipinski definition) is 6. The van der Waals surface area contributed by atoms with Gasteiger partial charge in [0.1, 0.15) is 12.1 Å². The van der Waals surface area contributed by atoms with E-state index in [0.29, 0.717) is 43.6 Å². The Labute approximate surface area is 160 Å². The molecule has 1 aromatic heterocycles. The molecule has 0 spiro atoms. The van der Waals surface area contributed by atoms with Crippen molar-refractivity contribution in [3.8, 4) is 0 Å². The minimum atomic E-state index is -3.45. The van der Waals surface area contributed by atoms with Gasteiger partial charge in [0.25, 0.3) is 0 Å². The van der Waals surface area contributed by atoms with Crippen LogP contribution in [0.5, 0.6) is 0 Å². The molecule has 2 aliphatic rings. The van der Waals surface area contributed by atoms with Crippen LogP contribution in [0.2, 0.25) is 0 Å². The number of aryl methyl sites for hydroxylation is 1. The number of nitrogens with zero attached hydrogens (tertiary/aromatic N) is 4. The van der Waals surface area contributed by atoms with Gasteiger partial charge in [0, 0.05) is 44.8 Å². The van der Waals surface area contributed by atoms with Gasteiger partial charge in [0.2, 0.25) is 10.0 Å². The molecule has 2 saturated heterocycles. The highest BCUT2D eigenvalue weighted by Gasteiger charge is 2.29. The number of rotatable bonds is 4. The standard InChI is InChI=1S/C19H24N4O3S/c1-15-2-4-17(5-3-15)27(24,25)23-9-7-22(8-10-23)19-12-18(20-14-21-19)16-6-11-26-13-16/h2-5,12,14,16H,6-11,13H2,1H3. The van der Waals surface area contributed by atoms with Crippen molar-refractivity contribution < 1.29 is 13.2 Å². The highest BCUT2D eigenvalue weighted by molar-refractivity contribution is 7.89. The molecule has 8 heteroatoms. The van der Waals surface area contributed by atoms with Crippen LogP contribution >= 0.6 is 0 Å². The summed E-state index contributed by atoms with van der Waals surface area (Å²) in [5.74, 6) is 1.19. The van der Waals surface area contributed by atoms with Gasteiger partial charge in [0.15, 0.2) is 0 Å². The first-order valence-electron chi connectivity index (χ1n) is 9.25. The summed E-state index contributed by atoms with van der Waals surface area (Å²) in [6.07, 6.45) is 2.58. The van der Waals surface area contributed by atoms with Crippen LogP contribution in [0.3, 0.4) is 0 Å². The predicted octanol–water partition coefficient (Wildman–Crippen LogP) is 1.80. The van der Waals surface area contributed by atoms with E-state index in [9.17, 15) is 8.42 Å². The van der Waals surface area contributed by atoms with Gasteiger partial charge in [-0.25, -0.2) is 18.4 Å². The Morgan fingerprint density at radius 3 is 2.48 bits per heavy atom. The molecule has 2 aromatic rings. The smallest absolute Gasteiger partial charge is 0.243 e. The molecule has 2 aliphatic heterocycles. The van der Waals surface area contributed by atoms with Crippen molar-refractivity contribution in [1.82, 2.24) is 14.3 Å². The predicted molar refractivity (Wildman–Crippen MR) is 102 cm³/mol. The van der Waals surface area contributed by atoms with Gasteiger partial charge in [0.05, 0.1) is 17.2 Å². The van der Waals surface area contributed by atoms with Crippen LogP contribution in [0.15, 0.2) is 41.6 Å². The zero-order valence-electron chi connectivity index (χ0n) is 15.4. The van der Waals surface area contributed by atoms with E-state index in [2.05, 4.69) is 14.9 Å². The molecule has 0 bridgehead atoms. The lowest BCUT2D eigenvalue weighted by atomic mass is 10.0. The monoisotopic (exact) mass is 388 g/mol. The number of benzene rings is 1. The highest BCUT2D eigenvalue weighted by atomic mass is 32.2. The third-order valence-electron chi connectivity index (χ3n) is 5.24. The number of hydrogen-bond donors (Lipinski definition) is 0. The normalized spacial score (nSPS) is 21.5. The lowest BCUT2D eigenvalue weighted by Crippen LogP contribution is -2.49. The summed E-state index contributed by atoms with van der Waals surface area (Å²) in [6.45, 7) is 5.55. The van der Waals surface area contributed by atoms with Crippen LogP contribution in [-0.4, -0.2) is 62.1 Å². The lowest BCUT2D eigenvalue weighted by molar-refractivity contribution is 0.193. The number of sulfonamides is 1. The summed E-state index contributed by atoms with van der Waals surface area (Å²) in [6, 6.07) is 9.04. The molecule has 27 heavy (non-hydrogen) atoms. The lowest BCUT2D eigenvalue weighted by Gasteiger charge is -2.34. The molecule has 2 fully saturated rings. The number of anilines is 1. The van der Waals surface area contributed by atoms with Crippen LogP contribution in [0, 0.1) is 6.92 Å². The first-order chi connectivity index (χ1) is 13.0. The summed E-state index contributed by atoms with van der Waals surface area (Å²) >= 11 is 0. The van der Waals surface area contributed by atoms with E-state index >= 15 is 0 Å². The Morgan fingerprint density at radius 2 is 1.81 bits per heavy atom. The first-order valence-corrected chi connectivity index (χ1v) is 10.7. The molecule has 4 rings (SSSR count). The van der Waals surface area contributed by atoms with Crippen LogP contribution in [0.4, 0.5) is 5.82 Å². The molecule has 1 unspecified atom stereocenters. The summed E-state index contributed by atoms with van der Waals surface area (Å²) in [7, 11) is -3.45. The van der Waals surface area contributed by atoms with Gasteiger partial charge in [-0.1, -0.05) is 17.7 Å². The van der Waals surface area contributed by atoms with E-state index in [1.54, 1.807) is 22.8 Å². The molecular formula is C19H24N4O3S. The van der Waals surface area contributed by atoms with Crippen LogP contribution < -0.4 is 4.90 Å². The van der Waals surface area contributed by atoms with Gasteiger partial charge in [-0.15, -0.1) is 0 Å². The molecule has 144 valence electrons. The minimum Gasteiger partial charge on any atom is -0.381 e. The fourth-order valence-electron chi connectivity index (χ4n) is 3.54. The number of piperazine rings is 1. The second kappa shape index (κ2) is 7.53. The van der Waals surface area contributed by atoms with E-state index in [4.69, 9.17) is 4.74 Å². The number of ether oxygens (including phenoxy) is 1. The highest BCUT2D eigenvalue weighted by Crippen LogP contribution is 2.26. The SMILES string of the molecule is Cc1ccc(S(=O)(=O)N2CCN(c3cc(C4CCOC4)ncn3)CC2)cc1. The maximum atomic E-state index is 12.8. The topological polar surface area (TPSA) is 75.6 Å². The van der Waals surface area contributed by atoms with Gasteiger partial charge < -0.3 is 9.64 Å². The van der Waals surface area contributed by atoms with E-state index in [-0.39, 0.29) is 0 Å². The Kier molecular flexibility index (Phi) is 5.12. The van der Waals surface area contributed by atoms with E-state index in [1.807, 2.05) is 25.1 Å². The molecule has 0 N–H and O–H groups in total. The molecule has 0 aliphatic carbocycles. The quantitative estimate of drug-likeness (QED) is 0.795. The molecule has 0 radical (unpaired) electrons. The third-order valence-corrected chi connectivity index (χ3v) is 7.16. The summed E-state index contributed by atoms with van der Waals surface area (Å²) in [5.41, 5.74) is 2.05.